The molecule has 0 amide bonds. The summed E-state index contributed by atoms with van der Waals surface area (Å²) < 4.78 is 5.58. The molecule has 0 radical (unpaired) electrons. The van der Waals surface area contributed by atoms with Crippen molar-refractivity contribution in [2.75, 3.05) is 13.2 Å². The van der Waals surface area contributed by atoms with Crippen molar-refractivity contribution in [1.29, 1.82) is 0 Å². The molecule has 2 N–H and O–H groups in total. The van der Waals surface area contributed by atoms with Gasteiger partial charge in [-0.3, -0.25) is 10.2 Å². The molecule has 5 atom stereocenters. The maximum atomic E-state index is 12.8. The Labute approximate surface area is 149 Å². The van der Waals surface area contributed by atoms with E-state index in [1.54, 1.807) is 0 Å². The lowest BCUT2D eigenvalue weighted by atomic mass is 9.65. The first-order valence-corrected chi connectivity index (χ1v) is 9.92. The predicted octanol–water partition coefficient (Wildman–Crippen LogP) is 2.40. The Morgan fingerprint density at radius 1 is 1.12 bits per heavy atom. The van der Waals surface area contributed by atoms with E-state index >= 15 is 0 Å². The Balaban J connectivity index is 1.38. The van der Waals surface area contributed by atoms with Gasteiger partial charge in [-0.2, -0.15) is 5.10 Å². The molecule has 3 saturated carbocycles. The third-order valence-corrected chi connectivity index (χ3v) is 6.62. The predicted molar refractivity (Wildman–Crippen MR) is 96.8 cm³/mol. The van der Waals surface area contributed by atoms with Crippen LogP contribution in [0, 0.1) is 23.7 Å². The number of hydrazone groups is 1. The van der Waals surface area contributed by atoms with Gasteiger partial charge in [-0.1, -0.05) is 25.7 Å². The second-order valence-corrected chi connectivity index (χ2v) is 8.14. The molecule has 4 fully saturated rings. The minimum absolute atomic E-state index is 0.225. The summed E-state index contributed by atoms with van der Waals surface area (Å²) in [5.74, 6) is 2.15. The molecule has 0 aromatic heterocycles. The van der Waals surface area contributed by atoms with Crippen LogP contribution in [0.3, 0.4) is 0 Å². The van der Waals surface area contributed by atoms with Crippen molar-refractivity contribution in [3.8, 4) is 0 Å². The summed E-state index contributed by atoms with van der Waals surface area (Å²) in [6, 6.07) is 0. The van der Waals surface area contributed by atoms with Gasteiger partial charge in [-0.05, 0) is 49.7 Å². The van der Waals surface area contributed by atoms with Gasteiger partial charge in [0.05, 0.1) is 6.10 Å². The first-order valence-electron chi connectivity index (χ1n) is 9.51. The number of nitrogens with zero attached hydrogens (tertiary/aromatic N) is 1. The molecular weight excluding hydrogens is 322 g/mol. The number of rotatable bonds is 3. The van der Waals surface area contributed by atoms with Crippen LogP contribution in [-0.2, 0) is 9.53 Å². The lowest BCUT2D eigenvalue weighted by Crippen LogP contribution is -2.38. The molecule has 24 heavy (non-hydrogen) atoms. The summed E-state index contributed by atoms with van der Waals surface area (Å²) in [5, 5.41) is 8.12. The van der Waals surface area contributed by atoms with E-state index in [0.29, 0.717) is 23.5 Å². The van der Waals surface area contributed by atoms with Crippen LogP contribution in [0.25, 0.3) is 0 Å². The van der Waals surface area contributed by atoms with E-state index < -0.39 is 0 Å². The standard InChI is InChI=1S/C18H27N3O2S/c22-17-14-8-2-5-11-4-1-7-13(15(11)14)16(17)20-21-18(24)19-10-12-6-3-9-23-12/h11-15H,1-10H2,(H2,19,21,24)/b20-16-/t11?,12-,13?,14?,15?/m1/s1. The van der Waals surface area contributed by atoms with Crippen molar-refractivity contribution in [2.24, 2.45) is 28.8 Å². The number of nitrogens with one attached hydrogen (secondary N) is 2. The van der Waals surface area contributed by atoms with Crippen LogP contribution in [0.5, 0.6) is 0 Å². The van der Waals surface area contributed by atoms with Crippen molar-refractivity contribution in [3.63, 3.8) is 0 Å². The van der Waals surface area contributed by atoms with Crippen molar-refractivity contribution in [2.45, 2.75) is 57.5 Å². The van der Waals surface area contributed by atoms with Crippen molar-refractivity contribution in [1.82, 2.24) is 10.7 Å². The van der Waals surface area contributed by atoms with E-state index in [1.165, 1.54) is 25.7 Å². The number of ether oxygens (including phenoxy) is 1. The quantitative estimate of drug-likeness (QED) is 0.605. The molecule has 1 aliphatic heterocycles. The van der Waals surface area contributed by atoms with Crippen molar-refractivity contribution < 1.29 is 9.53 Å². The van der Waals surface area contributed by atoms with Gasteiger partial charge in [0, 0.05) is 25.0 Å². The Bertz CT molecular complexity index is 542. The van der Waals surface area contributed by atoms with E-state index in [9.17, 15) is 4.79 Å². The van der Waals surface area contributed by atoms with E-state index in [2.05, 4.69) is 15.8 Å². The van der Waals surface area contributed by atoms with Gasteiger partial charge in [-0.25, -0.2) is 0 Å². The SMILES string of the molecule is O=C1/C(=N\NC(=S)NC[C@H]2CCCO2)C2CCCC3CCCC1C32. The third kappa shape index (κ3) is 3.10. The summed E-state index contributed by atoms with van der Waals surface area (Å²) in [6.45, 7) is 1.55. The number of hydrogen-bond donors (Lipinski definition) is 2. The molecule has 0 aromatic rings. The van der Waals surface area contributed by atoms with E-state index in [-0.39, 0.29) is 17.8 Å². The van der Waals surface area contributed by atoms with Crippen LogP contribution < -0.4 is 10.7 Å². The molecule has 4 unspecified atom stereocenters. The number of Topliss-reactive ketones (excluding diaryl/α,β-unsaturated/α-hetero) is 1. The average molecular weight is 350 g/mol. The van der Waals surface area contributed by atoms with E-state index in [0.717, 1.165) is 43.9 Å². The molecule has 4 aliphatic rings. The summed E-state index contributed by atoms with van der Waals surface area (Å²) in [5.41, 5.74) is 3.69. The molecule has 0 bridgehead atoms. The Morgan fingerprint density at radius 3 is 2.67 bits per heavy atom. The minimum atomic E-state index is 0.225. The largest absolute Gasteiger partial charge is 0.376 e. The highest BCUT2D eigenvalue weighted by atomic mass is 32.1. The van der Waals surface area contributed by atoms with Gasteiger partial charge in [0.2, 0.25) is 0 Å². The van der Waals surface area contributed by atoms with E-state index in [1.807, 2.05) is 0 Å². The molecule has 1 saturated heterocycles. The average Bonchev–Trinajstić information content (AvgIpc) is 3.21. The first kappa shape index (κ1) is 16.5. The molecule has 5 nitrogen and oxygen atoms in total. The first-order chi connectivity index (χ1) is 11.7. The smallest absolute Gasteiger partial charge is 0.187 e. The summed E-state index contributed by atoms with van der Waals surface area (Å²) in [4.78, 5) is 12.8. The third-order valence-electron chi connectivity index (χ3n) is 6.39. The maximum absolute atomic E-state index is 12.8. The lowest BCUT2D eigenvalue weighted by Gasteiger charge is -2.39. The van der Waals surface area contributed by atoms with Crippen LogP contribution in [0.4, 0.5) is 0 Å². The fourth-order valence-corrected chi connectivity index (χ4v) is 5.48. The molecule has 0 aromatic carbocycles. The zero-order valence-corrected chi connectivity index (χ0v) is 14.9. The molecule has 0 spiro atoms. The number of thiocarbonyl (C=S) groups is 1. The molecule has 4 rings (SSSR count). The lowest BCUT2D eigenvalue weighted by molar-refractivity contribution is -0.118. The fraction of sp³-hybridized carbons (Fsp3) is 0.833. The normalized spacial score (nSPS) is 39.8. The van der Waals surface area contributed by atoms with Crippen LogP contribution in [-0.4, -0.2) is 35.9 Å². The Hall–Kier alpha value is -1.01. The fourth-order valence-electron chi connectivity index (χ4n) is 5.35. The summed E-state index contributed by atoms with van der Waals surface area (Å²) in [7, 11) is 0. The highest BCUT2D eigenvalue weighted by Crippen LogP contribution is 2.51. The van der Waals surface area contributed by atoms with Crippen LogP contribution in [0.2, 0.25) is 0 Å². The Morgan fingerprint density at radius 2 is 1.92 bits per heavy atom. The maximum Gasteiger partial charge on any atom is 0.187 e. The van der Waals surface area contributed by atoms with E-state index in [4.69, 9.17) is 17.0 Å². The second-order valence-electron chi connectivity index (χ2n) is 7.73. The zero-order chi connectivity index (χ0) is 16.5. The van der Waals surface area contributed by atoms with Crippen LogP contribution in [0.1, 0.15) is 51.4 Å². The number of carbonyl (C=O) groups is 1. The highest BCUT2D eigenvalue weighted by Gasteiger charge is 2.53. The topological polar surface area (TPSA) is 62.7 Å². The zero-order valence-electron chi connectivity index (χ0n) is 14.1. The monoisotopic (exact) mass is 349 g/mol. The van der Waals surface area contributed by atoms with Gasteiger partial charge >= 0.3 is 0 Å². The minimum Gasteiger partial charge on any atom is -0.376 e. The number of ketones is 1. The highest BCUT2D eigenvalue weighted by molar-refractivity contribution is 7.80. The number of carbonyl (C=O) groups excluding carboxylic acids is 1. The second kappa shape index (κ2) is 7.08. The summed E-state index contributed by atoms with van der Waals surface area (Å²) in [6.07, 6.45) is 9.63. The van der Waals surface area contributed by atoms with Gasteiger partial charge in [0.15, 0.2) is 10.9 Å². The molecule has 3 aliphatic carbocycles. The van der Waals surface area contributed by atoms with Gasteiger partial charge in [-0.15, -0.1) is 0 Å². The van der Waals surface area contributed by atoms with Gasteiger partial charge in [0.25, 0.3) is 0 Å². The van der Waals surface area contributed by atoms with Crippen LogP contribution >= 0.6 is 12.2 Å². The molecule has 6 heteroatoms. The Kier molecular flexibility index (Phi) is 4.86. The van der Waals surface area contributed by atoms with Gasteiger partial charge < -0.3 is 10.1 Å². The van der Waals surface area contributed by atoms with Gasteiger partial charge in [0.1, 0.15) is 5.71 Å². The van der Waals surface area contributed by atoms with Crippen molar-refractivity contribution in [3.05, 3.63) is 0 Å². The van der Waals surface area contributed by atoms with Crippen LogP contribution in [0.15, 0.2) is 5.10 Å². The molecule has 1 heterocycles. The number of hydrogen-bond acceptors (Lipinski definition) is 4. The van der Waals surface area contributed by atoms with Crippen molar-refractivity contribution >= 4 is 28.8 Å². The summed E-state index contributed by atoms with van der Waals surface area (Å²) >= 11 is 5.31. The molecular formula is C18H27N3O2S. The molecule has 132 valence electrons.